The van der Waals surface area contributed by atoms with Crippen molar-refractivity contribution >= 4 is 22.6 Å². The lowest BCUT2D eigenvalue weighted by Gasteiger charge is -2.19. The molecule has 2 rings (SSSR count). The number of hydrogen-bond acceptors (Lipinski definition) is 5. The van der Waals surface area contributed by atoms with Gasteiger partial charge in [-0.25, -0.2) is 4.79 Å². The maximum atomic E-state index is 10.9. The highest BCUT2D eigenvalue weighted by atomic mass is 32.1. The molecule has 0 aliphatic carbocycles. The van der Waals surface area contributed by atoms with Gasteiger partial charge in [0.25, 0.3) is 0 Å². The van der Waals surface area contributed by atoms with Gasteiger partial charge in [0, 0.05) is 24.1 Å². The quantitative estimate of drug-likeness (QED) is 0.915. The molecule has 0 saturated carbocycles. The van der Waals surface area contributed by atoms with Gasteiger partial charge in [-0.2, -0.15) is 9.36 Å². The Morgan fingerprint density at radius 2 is 2.06 bits per heavy atom. The van der Waals surface area contributed by atoms with Gasteiger partial charge in [-0.1, -0.05) is 30.3 Å². The average Bonchev–Trinajstić information content (AvgIpc) is 2.87. The molecule has 1 aromatic carbocycles. The number of benzene rings is 1. The number of likely N-dealkylation sites (N-methyl/N-ethyl adjacent to an activating group) is 1. The monoisotopic (exact) mass is 263 g/mol. The van der Waals surface area contributed by atoms with E-state index >= 15 is 0 Å². The highest BCUT2D eigenvalue weighted by Gasteiger charge is 2.20. The van der Waals surface area contributed by atoms with E-state index in [1.165, 1.54) is 11.5 Å². The predicted molar refractivity (Wildman–Crippen MR) is 70.8 cm³/mol. The van der Waals surface area contributed by atoms with Crippen LogP contribution >= 0.6 is 11.5 Å². The van der Waals surface area contributed by atoms with Crippen LogP contribution in [-0.2, 0) is 4.79 Å². The molecular formula is C12H13N3O2S. The van der Waals surface area contributed by atoms with Gasteiger partial charge in [-0.3, -0.25) is 0 Å². The summed E-state index contributed by atoms with van der Waals surface area (Å²) in [4.78, 5) is 16.9. The number of aliphatic carboxylic acids is 1. The Morgan fingerprint density at radius 1 is 1.39 bits per heavy atom. The fraction of sp³-hybridized carbons (Fsp3) is 0.250. The van der Waals surface area contributed by atoms with Crippen molar-refractivity contribution in [3.05, 3.63) is 30.3 Å². The van der Waals surface area contributed by atoms with E-state index < -0.39 is 12.0 Å². The number of carbonyl (C=O) groups is 1. The molecule has 0 saturated heterocycles. The van der Waals surface area contributed by atoms with Crippen LogP contribution in [0, 0.1) is 0 Å². The fourth-order valence-electron chi connectivity index (χ4n) is 1.39. The van der Waals surface area contributed by atoms with Crippen molar-refractivity contribution in [3.8, 4) is 11.4 Å². The summed E-state index contributed by atoms with van der Waals surface area (Å²) < 4.78 is 4.25. The molecule has 5 nitrogen and oxygen atoms in total. The maximum Gasteiger partial charge on any atom is 0.326 e. The number of nitrogens with zero attached hydrogens (tertiary/aromatic N) is 3. The first-order valence-electron chi connectivity index (χ1n) is 5.44. The standard InChI is InChI=1S/C12H13N3O2S/c1-8(11(16)17)15(2)12-13-10(14-18-12)9-6-4-3-5-7-9/h3-8H,1-2H3,(H,16,17). The molecule has 1 unspecified atom stereocenters. The molecule has 1 heterocycles. The Hall–Kier alpha value is -1.95. The first-order valence-corrected chi connectivity index (χ1v) is 6.21. The van der Waals surface area contributed by atoms with Crippen molar-refractivity contribution in [1.82, 2.24) is 9.36 Å². The van der Waals surface area contributed by atoms with Crippen molar-refractivity contribution in [2.24, 2.45) is 0 Å². The largest absolute Gasteiger partial charge is 0.480 e. The zero-order chi connectivity index (χ0) is 13.1. The molecule has 1 atom stereocenters. The molecule has 6 heteroatoms. The Kier molecular flexibility index (Phi) is 3.57. The van der Waals surface area contributed by atoms with Gasteiger partial charge in [0.15, 0.2) is 5.82 Å². The molecule has 0 spiro atoms. The Morgan fingerprint density at radius 3 is 2.67 bits per heavy atom. The normalized spacial score (nSPS) is 12.1. The molecule has 0 fully saturated rings. The number of carboxylic acids is 1. The maximum absolute atomic E-state index is 10.9. The van der Waals surface area contributed by atoms with E-state index in [0.29, 0.717) is 11.0 Å². The number of aromatic nitrogens is 2. The zero-order valence-corrected chi connectivity index (χ0v) is 10.9. The summed E-state index contributed by atoms with van der Waals surface area (Å²) in [7, 11) is 1.70. The van der Waals surface area contributed by atoms with Crippen LogP contribution in [-0.4, -0.2) is 33.5 Å². The summed E-state index contributed by atoms with van der Waals surface area (Å²) in [6.45, 7) is 1.62. The van der Waals surface area contributed by atoms with Crippen LogP contribution < -0.4 is 4.90 Å². The fourth-order valence-corrected chi connectivity index (χ4v) is 2.12. The third-order valence-corrected chi connectivity index (χ3v) is 3.49. The molecule has 0 aliphatic heterocycles. The summed E-state index contributed by atoms with van der Waals surface area (Å²) in [6.07, 6.45) is 0. The molecule has 1 aromatic heterocycles. The van der Waals surface area contributed by atoms with Gasteiger partial charge in [0.1, 0.15) is 6.04 Å². The smallest absolute Gasteiger partial charge is 0.326 e. The molecule has 2 aromatic rings. The van der Waals surface area contributed by atoms with Crippen LogP contribution in [0.4, 0.5) is 5.13 Å². The molecular weight excluding hydrogens is 250 g/mol. The van der Waals surface area contributed by atoms with Gasteiger partial charge in [-0.15, -0.1) is 0 Å². The minimum atomic E-state index is -0.881. The van der Waals surface area contributed by atoms with Crippen molar-refractivity contribution in [2.75, 3.05) is 11.9 Å². The lowest BCUT2D eigenvalue weighted by molar-refractivity contribution is -0.138. The summed E-state index contributed by atoms with van der Waals surface area (Å²) in [5, 5.41) is 9.55. The van der Waals surface area contributed by atoms with Crippen molar-refractivity contribution in [2.45, 2.75) is 13.0 Å². The Labute approximate surface area is 109 Å². The second-order valence-corrected chi connectivity index (χ2v) is 4.62. The van der Waals surface area contributed by atoms with E-state index in [1.807, 2.05) is 30.3 Å². The first-order chi connectivity index (χ1) is 8.59. The Balaban J connectivity index is 2.23. The third-order valence-electron chi connectivity index (χ3n) is 2.69. The van der Waals surface area contributed by atoms with E-state index in [-0.39, 0.29) is 0 Å². The minimum Gasteiger partial charge on any atom is -0.480 e. The van der Waals surface area contributed by atoms with E-state index in [9.17, 15) is 4.79 Å². The van der Waals surface area contributed by atoms with Crippen LogP contribution in [0.25, 0.3) is 11.4 Å². The van der Waals surface area contributed by atoms with Gasteiger partial charge in [0.2, 0.25) is 5.13 Å². The highest BCUT2D eigenvalue weighted by Crippen LogP contribution is 2.24. The van der Waals surface area contributed by atoms with E-state index in [2.05, 4.69) is 9.36 Å². The van der Waals surface area contributed by atoms with Gasteiger partial charge >= 0.3 is 5.97 Å². The van der Waals surface area contributed by atoms with Crippen molar-refractivity contribution < 1.29 is 9.90 Å². The van der Waals surface area contributed by atoms with Crippen LogP contribution in [0.3, 0.4) is 0 Å². The summed E-state index contributed by atoms with van der Waals surface area (Å²) >= 11 is 1.20. The summed E-state index contributed by atoms with van der Waals surface area (Å²) in [6, 6.07) is 8.98. The lowest BCUT2D eigenvalue weighted by atomic mass is 10.2. The molecule has 18 heavy (non-hydrogen) atoms. The van der Waals surface area contributed by atoms with Crippen LogP contribution in [0.5, 0.6) is 0 Å². The molecule has 94 valence electrons. The number of hydrogen-bond donors (Lipinski definition) is 1. The summed E-state index contributed by atoms with van der Waals surface area (Å²) in [5.41, 5.74) is 0.927. The lowest BCUT2D eigenvalue weighted by Crippen LogP contribution is -2.35. The number of rotatable bonds is 4. The second-order valence-electron chi connectivity index (χ2n) is 3.89. The van der Waals surface area contributed by atoms with Crippen LogP contribution in [0.1, 0.15) is 6.92 Å². The zero-order valence-electron chi connectivity index (χ0n) is 10.1. The topological polar surface area (TPSA) is 66.3 Å². The van der Waals surface area contributed by atoms with Gasteiger partial charge in [0.05, 0.1) is 0 Å². The molecule has 0 bridgehead atoms. The third kappa shape index (κ3) is 2.48. The van der Waals surface area contributed by atoms with Crippen molar-refractivity contribution in [1.29, 1.82) is 0 Å². The average molecular weight is 263 g/mol. The SMILES string of the molecule is CC(C(=O)O)N(C)c1nc(-c2ccccc2)ns1. The van der Waals surface area contributed by atoms with E-state index in [0.717, 1.165) is 5.56 Å². The second kappa shape index (κ2) is 5.14. The minimum absolute atomic E-state index is 0.601. The highest BCUT2D eigenvalue weighted by molar-refractivity contribution is 7.09. The number of carboxylic acid groups (broad SMARTS) is 1. The van der Waals surface area contributed by atoms with Gasteiger partial charge in [-0.05, 0) is 6.92 Å². The van der Waals surface area contributed by atoms with Crippen molar-refractivity contribution in [3.63, 3.8) is 0 Å². The molecule has 0 amide bonds. The molecule has 0 radical (unpaired) electrons. The van der Waals surface area contributed by atoms with Crippen LogP contribution in [0.2, 0.25) is 0 Å². The first kappa shape index (κ1) is 12.5. The van der Waals surface area contributed by atoms with E-state index in [4.69, 9.17) is 5.11 Å². The number of anilines is 1. The Bertz CT molecular complexity index is 541. The van der Waals surface area contributed by atoms with Gasteiger partial charge < -0.3 is 10.0 Å². The summed E-state index contributed by atoms with van der Waals surface area (Å²) in [5.74, 6) is -0.256. The molecule has 0 aliphatic rings. The predicted octanol–water partition coefficient (Wildman–Crippen LogP) is 2.11. The van der Waals surface area contributed by atoms with Crippen LogP contribution in [0.15, 0.2) is 30.3 Å². The van der Waals surface area contributed by atoms with E-state index in [1.54, 1.807) is 18.9 Å². The molecule has 1 N–H and O–H groups in total.